The third-order valence-electron chi connectivity index (χ3n) is 3.05. The van der Waals surface area contributed by atoms with Gasteiger partial charge >= 0.3 is 5.97 Å². The quantitative estimate of drug-likeness (QED) is 0.664. The Kier molecular flexibility index (Phi) is 3.98. The van der Waals surface area contributed by atoms with Crippen LogP contribution in [0.1, 0.15) is 5.69 Å². The number of hydrogen-bond donors (Lipinski definition) is 0. The molecule has 0 saturated heterocycles. The highest BCUT2D eigenvalue weighted by Crippen LogP contribution is 2.33. The Morgan fingerprint density at radius 3 is 3.05 bits per heavy atom. The molecule has 0 spiro atoms. The van der Waals surface area contributed by atoms with Gasteiger partial charge in [0.2, 0.25) is 0 Å². The maximum absolute atomic E-state index is 11.3. The highest BCUT2D eigenvalue weighted by Gasteiger charge is 2.13. The zero-order valence-electron chi connectivity index (χ0n) is 11.2. The van der Waals surface area contributed by atoms with Gasteiger partial charge in [-0.05, 0) is 18.2 Å². The number of ether oxygens (including phenoxy) is 1. The summed E-state index contributed by atoms with van der Waals surface area (Å²) >= 11 is 5.03. The van der Waals surface area contributed by atoms with Crippen LogP contribution in [-0.2, 0) is 16.0 Å². The molecule has 0 amide bonds. The third kappa shape index (κ3) is 2.82. The standard InChI is InChI=1S/C15H11BrN2O2S/c1-20-13(19)7-9-8-21-15(18-9)11-4-5-12(16)10-3-2-6-17-14(10)11/h2-6,8H,7H2,1H3. The van der Waals surface area contributed by atoms with Gasteiger partial charge in [0.15, 0.2) is 0 Å². The number of carbonyl (C=O) groups is 1. The first-order valence-electron chi connectivity index (χ1n) is 6.24. The van der Waals surface area contributed by atoms with Gasteiger partial charge in [0, 0.05) is 27.0 Å². The minimum absolute atomic E-state index is 0.189. The van der Waals surface area contributed by atoms with E-state index in [0.717, 1.165) is 25.9 Å². The van der Waals surface area contributed by atoms with Crippen LogP contribution in [0.4, 0.5) is 0 Å². The number of carbonyl (C=O) groups excluding carboxylic acids is 1. The van der Waals surface area contributed by atoms with Crippen molar-refractivity contribution >= 4 is 44.1 Å². The molecule has 106 valence electrons. The number of esters is 1. The number of fused-ring (bicyclic) bond motifs is 1. The zero-order valence-corrected chi connectivity index (χ0v) is 13.6. The third-order valence-corrected chi connectivity index (χ3v) is 4.67. The summed E-state index contributed by atoms with van der Waals surface area (Å²) in [5.41, 5.74) is 2.58. The molecule has 0 aliphatic carbocycles. The average Bonchev–Trinajstić information content (AvgIpc) is 2.96. The Balaban J connectivity index is 2.05. The number of benzene rings is 1. The van der Waals surface area contributed by atoms with Gasteiger partial charge in [0.25, 0.3) is 0 Å². The van der Waals surface area contributed by atoms with Crippen LogP contribution in [0.15, 0.2) is 40.3 Å². The molecule has 0 atom stereocenters. The molecular formula is C15H11BrN2O2S. The van der Waals surface area contributed by atoms with Crippen molar-refractivity contribution in [3.63, 3.8) is 0 Å². The van der Waals surface area contributed by atoms with Gasteiger partial charge in [0.1, 0.15) is 5.01 Å². The number of aromatic nitrogens is 2. The summed E-state index contributed by atoms with van der Waals surface area (Å²) in [5, 5.41) is 3.77. The van der Waals surface area contributed by atoms with Crippen molar-refractivity contribution in [1.29, 1.82) is 0 Å². The number of nitrogens with zero attached hydrogens (tertiary/aromatic N) is 2. The molecule has 2 aromatic heterocycles. The topological polar surface area (TPSA) is 52.1 Å². The van der Waals surface area contributed by atoms with Gasteiger partial charge in [-0.2, -0.15) is 0 Å². The molecule has 0 saturated carbocycles. The van der Waals surface area contributed by atoms with Crippen molar-refractivity contribution in [3.05, 3.63) is 46.0 Å². The van der Waals surface area contributed by atoms with E-state index in [0.29, 0.717) is 5.69 Å². The summed E-state index contributed by atoms with van der Waals surface area (Å²) in [5.74, 6) is -0.286. The van der Waals surface area contributed by atoms with E-state index >= 15 is 0 Å². The van der Waals surface area contributed by atoms with Crippen molar-refractivity contribution in [2.24, 2.45) is 0 Å². The number of pyridine rings is 1. The predicted octanol–water partition coefficient (Wildman–Crippen LogP) is 3.84. The molecular weight excluding hydrogens is 352 g/mol. The molecule has 0 unspecified atom stereocenters. The van der Waals surface area contributed by atoms with Gasteiger partial charge in [-0.1, -0.05) is 22.0 Å². The second-order valence-electron chi connectivity index (χ2n) is 4.39. The summed E-state index contributed by atoms with van der Waals surface area (Å²) in [6.45, 7) is 0. The highest BCUT2D eigenvalue weighted by molar-refractivity contribution is 9.10. The first-order valence-corrected chi connectivity index (χ1v) is 7.91. The molecule has 1 aromatic carbocycles. The molecule has 4 nitrogen and oxygen atoms in total. The second-order valence-corrected chi connectivity index (χ2v) is 6.10. The van der Waals surface area contributed by atoms with Crippen molar-refractivity contribution in [3.8, 4) is 10.6 Å². The first-order chi connectivity index (χ1) is 10.2. The van der Waals surface area contributed by atoms with Gasteiger partial charge in [-0.25, -0.2) is 4.98 Å². The maximum atomic E-state index is 11.3. The fraction of sp³-hybridized carbons (Fsp3) is 0.133. The molecule has 6 heteroatoms. The van der Waals surface area contributed by atoms with E-state index < -0.39 is 0 Å². The summed E-state index contributed by atoms with van der Waals surface area (Å²) < 4.78 is 5.66. The maximum Gasteiger partial charge on any atom is 0.311 e. The molecule has 2 heterocycles. The van der Waals surface area contributed by atoms with Crippen LogP contribution in [0, 0.1) is 0 Å². The lowest BCUT2D eigenvalue weighted by Crippen LogP contribution is -2.04. The number of rotatable bonds is 3. The lowest BCUT2D eigenvalue weighted by Gasteiger charge is -2.04. The number of methoxy groups -OCH3 is 1. The predicted molar refractivity (Wildman–Crippen MR) is 86.3 cm³/mol. The van der Waals surface area contributed by atoms with Crippen LogP contribution in [0.5, 0.6) is 0 Å². The summed E-state index contributed by atoms with van der Waals surface area (Å²) in [7, 11) is 1.38. The van der Waals surface area contributed by atoms with Gasteiger partial charge in [-0.15, -0.1) is 11.3 Å². The Labute approximate surface area is 133 Å². The Morgan fingerprint density at radius 2 is 2.24 bits per heavy atom. The minimum atomic E-state index is -0.286. The van der Waals surface area contributed by atoms with Crippen molar-refractivity contribution in [1.82, 2.24) is 9.97 Å². The van der Waals surface area contributed by atoms with Crippen LogP contribution in [0.2, 0.25) is 0 Å². The Bertz CT molecular complexity index is 816. The largest absolute Gasteiger partial charge is 0.469 e. The molecule has 0 aliphatic rings. The zero-order chi connectivity index (χ0) is 14.8. The molecule has 0 bridgehead atoms. The monoisotopic (exact) mass is 362 g/mol. The van der Waals surface area contributed by atoms with E-state index in [1.54, 1.807) is 6.20 Å². The molecule has 3 rings (SSSR count). The average molecular weight is 363 g/mol. The summed E-state index contributed by atoms with van der Waals surface area (Å²) in [4.78, 5) is 20.3. The van der Waals surface area contributed by atoms with Crippen LogP contribution >= 0.6 is 27.3 Å². The number of halogens is 1. The van der Waals surface area contributed by atoms with E-state index in [4.69, 9.17) is 0 Å². The molecule has 0 aliphatic heterocycles. The Morgan fingerprint density at radius 1 is 1.38 bits per heavy atom. The lowest BCUT2D eigenvalue weighted by atomic mass is 10.1. The van der Waals surface area contributed by atoms with Crippen LogP contribution in [-0.4, -0.2) is 23.0 Å². The van der Waals surface area contributed by atoms with E-state index in [1.165, 1.54) is 18.4 Å². The smallest absolute Gasteiger partial charge is 0.311 e. The summed E-state index contributed by atoms with van der Waals surface area (Å²) in [6.07, 6.45) is 1.95. The van der Waals surface area contributed by atoms with E-state index in [-0.39, 0.29) is 12.4 Å². The highest BCUT2D eigenvalue weighted by atomic mass is 79.9. The Hall–Kier alpha value is -1.79. The fourth-order valence-electron chi connectivity index (χ4n) is 2.04. The fourth-order valence-corrected chi connectivity index (χ4v) is 3.34. The molecule has 0 fully saturated rings. The van der Waals surface area contributed by atoms with E-state index in [2.05, 4.69) is 30.6 Å². The van der Waals surface area contributed by atoms with Crippen molar-refractivity contribution in [2.45, 2.75) is 6.42 Å². The summed E-state index contributed by atoms with van der Waals surface area (Å²) in [6, 6.07) is 7.89. The normalized spacial score (nSPS) is 10.8. The van der Waals surface area contributed by atoms with Crippen LogP contribution in [0.25, 0.3) is 21.5 Å². The number of hydrogen-bond acceptors (Lipinski definition) is 5. The molecule has 3 aromatic rings. The number of thiazole rings is 1. The molecule has 0 radical (unpaired) electrons. The van der Waals surface area contributed by atoms with Gasteiger partial charge < -0.3 is 4.74 Å². The van der Waals surface area contributed by atoms with Crippen molar-refractivity contribution in [2.75, 3.05) is 7.11 Å². The van der Waals surface area contributed by atoms with Crippen molar-refractivity contribution < 1.29 is 9.53 Å². The van der Waals surface area contributed by atoms with Crippen LogP contribution in [0.3, 0.4) is 0 Å². The molecule has 0 N–H and O–H groups in total. The van der Waals surface area contributed by atoms with Gasteiger partial charge in [-0.3, -0.25) is 9.78 Å². The first kappa shape index (κ1) is 14.2. The van der Waals surface area contributed by atoms with Gasteiger partial charge in [0.05, 0.1) is 24.7 Å². The SMILES string of the molecule is COC(=O)Cc1csc(-c2ccc(Br)c3cccnc23)n1. The van der Waals surface area contributed by atoms with E-state index in [1.807, 2.05) is 29.6 Å². The lowest BCUT2D eigenvalue weighted by molar-refractivity contribution is -0.139. The van der Waals surface area contributed by atoms with E-state index in [9.17, 15) is 4.79 Å². The minimum Gasteiger partial charge on any atom is -0.469 e. The second kappa shape index (κ2) is 5.91. The van der Waals surface area contributed by atoms with Crippen LogP contribution < -0.4 is 0 Å². The molecule has 21 heavy (non-hydrogen) atoms.